The van der Waals surface area contributed by atoms with Crippen molar-refractivity contribution >= 4 is 23.4 Å². The van der Waals surface area contributed by atoms with Gasteiger partial charge in [0.25, 0.3) is 0 Å². The zero-order chi connectivity index (χ0) is 21.0. The summed E-state index contributed by atoms with van der Waals surface area (Å²) < 4.78 is 0. The number of carbonyl (C=O) groups is 3. The van der Waals surface area contributed by atoms with Crippen molar-refractivity contribution in [3.05, 3.63) is 29.3 Å². The first-order valence-electron chi connectivity index (χ1n) is 10.8. The van der Waals surface area contributed by atoms with Crippen molar-refractivity contribution in [2.24, 2.45) is 5.92 Å². The average molecular weight is 400 g/mol. The minimum Gasteiger partial charge on any atom is -0.347 e. The summed E-state index contributed by atoms with van der Waals surface area (Å²) in [6, 6.07) is 5.38. The molecule has 3 rings (SSSR count). The Balaban J connectivity index is 1.85. The number of anilines is 1. The zero-order valence-corrected chi connectivity index (χ0v) is 17.9. The number of nitrogens with zero attached hydrogens (tertiary/aromatic N) is 2. The normalized spacial score (nSPS) is 19.4. The Bertz CT molecular complexity index is 769. The number of hydrogen-bond acceptors (Lipinski definition) is 3. The summed E-state index contributed by atoms with van der Waals surface area (Å²) in [5, 5.41) is 2.94. The van der Waals surface area contributed by atoms with Crippen LogP contribution in [0.3, 0.4) is 0 Å². The number of benzene rings is 1. The number of amides is 3. The van der Waals surface area contributed by atoms with Gasteiger partial charge < -0.3 is 15.1 Å². The third kappa shape index (κ3) is 4.98. The topological polar surface area (TPSA) is 69.7 Å². The number of carbonyl (C=O) groups excluding carboxylic acids is 3. The summed E-state index contributed by atoms with van der Waals surface area (Å²) in [5.41, 5.74) is 2.85. The fourth-order valence-corrected chi connectivity index (χ4v) is 4.45. The lowest BCUT2D eigenvalue weighted by atomic mass is 9.86. The van der Waals surface area contributed by atoms with Crippen LogP contribution in [0.2, 0.25) is 0 Å². The van der Waals surface area contributed by atoms with E-state index in [1.807, 2.05) is 25.1 Å². The van der Waals surface area contributed by atoms with Crippen molar-refractivity contribution < 1.29 is 14.4 Å². The van der Waals surface area contributed by atoms with E-state index in [2.05, 4.69) is 5.32 Å². The molecule has 1 atom stereocenters. The summed E-state index contributed by atoms with van der Waals surface area (Å²) in [6.45, 7) is 2.40. The maximum atomic E-state index is 13.3. The van der Waals surface area contributed by atoms with Gasteiger partial charge in [0, 0.05) is 45.1 Å². The van der Waals surface area contributed by atoms with Crippen LogP contribution in [0.15, 0.2) is 18.2 Å². The second-order valence-corrected chi connectivity index (χ2v) is 8.54. The predicted octanol–water partition coefficient (Wildman–Crippen LogP) is 3.35. The quantitative estimate of drug-likeness (QED) is 0.825. The van der Waals surface area contributed by atoms with Gasteiger partial charge in [0.05, 0.1) is 0 Å². The van der Waals surface area contributed by atoms with Crippen LogP contribution < -0.4 is 5.32 Å². The number of nitrogens with one attached hydrogen (secondary N) is 1. The maximum Gasteiger partial charge on any atom is 0.245 e. The summed E-state index contributed by atoms with van der Waals surface area (Å²) in [4.78, 5) is 41.5. The molecule has 0 bridgehead atoms. The highest BCUT2D eigenvalue weighted by molar-refractivity contribution is 5.91. The van der Waals surface area contributed by atoms with E-state index >= 15 is 0 Å². The first-order chi connectivity index (χ1) is 13.9. The van der Waals surface area contributed by atoms with Gasteiger partial charge in [0.2, 0.25) is 17.7 Å². The van der Waals surface area contributed by atoms with E-state index in [1.54, 1.807) is 23.9 Å². The molecule has 0 radical (unpaired) electrons. The lowest BCUT2D eigenvalue weighted by Crippen LogP contribution is -2.53. The van der Waals surface area contributed by atoms with Gasteiger partial charge in [0.15, 0.2) is 0 Å². The third-order valence-corrected chi connectivity index (χ3v) is 6.06. The third-order valence-electron chi connectivity index (χ3n) is 6.06. The molecular formula is C23H33N3O3. The van der Waals surface area contributed by atoms with E-state index in [-0.39, 0.29) is 23.6 Å². The molecule has 1 aromatic rings. The fraction of sp³-hybridized carbons (Fsp3) is 0.609. The second-order valence-electron chi connectivity index (χ2n) is 8.54. The molecule has 0 aromatic heterocycles. The maximum absolute atomic E-state index is 13.3. The average Bonchev–Trinajstić information content (AvgIpc) is 2.72. The van der Waals surface area contributed by atoms with Crippen LogP contribution in [0.5, 0.6) is 0 Å². The molecule has 0 saturated heterocycles. The van der Waals surface area contributed by atoms with Crippen LogP contribution >= 0.6 is 0 Å². The van der Waals surface area contributed by atoms with Crippen molar-refractivity contribution in [2.75, 3.05) is 19.4 Å². The number of hydrogen-bond donors (Lipinski definition) is 1. The Morgan fingerprint density at radius 1 is 1.10 bits per heavy atom. The first kappa shape index (κ1) is 21.3. The van der Waals surface area contributed by atoms with Gasteiger partial charge >= 0.3 is 0 Å². The Kier molecular flexibility index (Phi) is 6.93. The van der Waals surface area contributed by atoms with Crippen molar-refractivity contribution in [3.8, 4) is 0 Å². The molecule has 3 amide bonds. The van der Waals surface area contributed by atoms with E-state index in [0.717, 1.165) is 48.9 Å². The van der Waals surface area contributed by atoms with Gasteiger partial charge in [-0.2, -0.15) is 0 Å². The molecule has 1 heterocycles. The van der Waals surface area contributed by atoms with Crippen molar-refractivity contribution in [2.45, 2.75) is 70.9 Å². The highest BCUT2D eigenvalue weighted by Gasteiger charge is 2.38. The number of fused-ring (bicyclic) bond motifs is 1. The van der Waals surface area contributed by atoms with Gasteiger partial charge in [-0.25, -0.2) is 0 Å². The largest absolute Gasteiger partial charge is 0.347 e. The monoisotopic (exact) mass is 399 g/mol. The Morgan fingerprint density at radius 3 is 2.48 bits per heavy atom. The molecule has 1 fully saturated rings. The minimum absolute atomic E-state index is 0.000871. The molecule has 1 saturated carbocycles. The summed E-state index contributed by atoms with van der Waals surface area (Å²) in [6.07, 6.45) is 7.00. The van der Waals surface area contributed by atoms with Gasteiger partial charge in [-0.3, -0.25) is 14.4 Å². The van der Waals surface area contributed by atoms with Gasteiger partial charge in [-0.15, -0.1) is 0 Å². The van der Waals surface area contributed by atoms with E-state index < -0.39 is 6.04 Å². The van der Waals surface area contributed by atoms with Gasteiger partial charge in [-0.1, -0.05) is 32.3 Å². The van der Waals surface area contributed by atoms with Crippen molar-refractivity contribution in [3.63, 3.8) is 0 Å². The molecule has 1 aliphatic carbocycles. The second kappa shape index (κ2) is 9.42. The lowest BCUT2D eigenvalue weighted by molar-refractivity contribution is -0.149. The molecule has 2 aliphatic rings. The molecule has 158 valence electrons. The van der Waals surface area contributed by atoms with Crippen LogP contribution in [0.25, 0.3) is 0 Å². The van der Waals surface area contributed by atoms with Crippen LogP contribution in [0.4, 0.5) is 5.69 Å². The molecule has 6 heteroatoms. The standard InChI is InChI=1S/C23H33N3O3/c1-4-8-21(27)24-19-12-11-17-14-20(23(29)25(2)3)26(15-18(17)13-19)22(28)16-9-6-5-7-10-16/h11-13,16,20H,4-10,14-15H2,1-3H3,(H,24,27). The van der Waals surface area contributed by atoms with Gasteiger partial charge in [-0.05, 0) is 42.5 Å². The van der Waals surface area contributed by atoms with Crippen LogP contribution in [-0.2, 0) is 27.3 Å². The Morgan fingerprint density at radius 2 is 1.83 bits per heavy atom. The molecular weight excluding hydrogens is 366 g/mol. The highest BCUT2D eigenvalue weighted by Crippen LogP contribution is 2.32. The minimum atomic E-state index is -0.451. The molecule has 1 aliphatic heterocycles. The first-order valence-corrected chi connectivity index (χ1v) is 10.8. The molecule has 0 spiro atoms. The van der Waals surface area contributed by atoms with Gasteiger partial charge in [0.1, 0.15) is 6.04 Å². The summed E-state index contributed by atoms with van der Waals surface area (Å²) >= 11 is 0. The fourth-order valence-electron chi connectivity index (χ4n) is 4.45. The van der Waals surface area contributed by atoms with Crippen LogP contribution in [0, 0.1) is 5.92 Å². The molecule has 6 nitrogen and oxygen atoms in total. The summed E-state index contributed by atoms with van der Waals surface area (Å²) in [5.74, 6) is 0.102. The smallest absolute Gasteiger partial charge is 0.245 e. The molecule has 1 N–H and O–H groups in total. The summed E-state index contributed by atoms with van der Waals surface area (Å²) in [7, 11) is 3.49. The van der Waals surface area contributed by atoms with Crippen molar-refractivity contribution in [1.29, 1.82) is 0 Å². The van der Waals surface area contributed by atoms with E-state index in [0.29, 0.717) is 19.4 Å². The van der Waals surface area contributed by atoms with E-state index in [9.17, 15) is 14.4 Å². The van der Waals surface area contributed by atoms with E-state index in [4.69, 9.17) is 0 Å². The lowest BCUT2D eigenvalue weighted by Gasteiger charge is -2.39. The molecule has 1 unspecified atom stereocenters. The Labute approximate surface area is 173 Å². The SMILES string of the molecule is CCCC(=O)Nc1ccc2c(c1)CN(C(=O)C1CCCCC1)C(C(=O)N(C)C)C2. The van der Waals surface area contributed by atoms with Crippen LogP contribution in [0.1, 0.15) is 63.0 Å². The zero-order valence-electron chi connectivity index (χ0n) is 17.9. The number of rotatable bonds is 5. The number of likely N-dealkylation sites (N-methyl/N-ethyl adjacent to an activating group) is 1. The molecule has 29 heavy (non-hydrogen) atoms. The van der Waals surface area contributed by atoms with Crippen LogP contribution in [-0.4, -0.2) is 47.7 Å². The predicted molar refractivity (Wildman–Crippen MR) is 113 cm³/mol. The van der Waals surface area contributed by atoms with E-state index in [1.165, 1.54) is 6.42 Å². The Hall–Kier alpha value is -2.37. The van der Waals surface area contributed by atoms with Crippen molar-refractivity contribution in [1.82, 2.24) is 9.80 Å². The highest BCUT2D eigenvalue weighted by atomic mass is 16.2. The molecule has 1 aromatic carbocycles.